The number of likely N-dealkylation sites (tertiary alicyclic amines) is 1. The second-order valence-electron chi connectivity index (χ2n) is 8.62. The van der Waals surface area contributed by atoms with E-state index in [2.05, 4.69) is 20.7 Å². The number of halogens is 1. The van der Waals surface area contributed by atoms with E-state index in [1.54, 1.807) is 19.1 Å². The van der Waals surface area contributed by atoms with Crippen molar-refractivity contribution in [3.05, 3.63) is 29.5 Å². The molecule has 2 aliphatic heterocycles. The average molecular weight is 490 g/mol. The average Bonchev–Trinajstić information content (AvgIpc) is 3.51. The van der Waals surface area contributed by atoms with Crippen molar-refractivity contribution in [3.63, 3.8) is 0 Å². The fourth-order valence-corrected chi connectivity index (χ4v) is 4.53. The number of amides is 3. The van der Waals surface area contributed by atoms with Crippen molar-refractivity contribution in [3.8, 4) is 0 Å². The molecular weight excluding hydrogens is 462 g/mol. The molecule has 0 spiro atoms. The van der Waals surface area contributed by atoms with Crippen molar-refractivity contribution in [2.45, 2.75) is 38.6 Å². The Hall–Kier alpha value is -3.34. The lowest BCUT2D eigenvalue weighted by Gasteiger charge is -2.35. The largest absolute Gasteiger partial charge is 0.465 e. The summed E-state index contributed by atoms with van der Waals surface area (Å²) in [6, 6.07) is 2.56. The van der Waals surface area contributed by atoms with Crippen LogP contribution in [0.1, 0.15) is 38.6 Å². The van der Waals surface area contributed by atoms with Gasteiger partial charge in [0.25, 0.3) is 0 Å². The Morgan fingerprint density at radius 1 is 1.15 bits per heavy atom. The molecule has 182 valence electrons. The van der Waals surface area contributed by atoms with Crippen LogP contribution in [0.15, 0.2) is 24.5 Å². The molecular formula is C22H28ClN7O4. The zero-order chi connectivity index (χ0) is 24.2. The number of hydrogen-bond donors (Lipinski definition) is 3. The fraction of sp³-hybridized carbons (Fsp3) is 0.500. The maximum absolute atomic E-state index is 12.9. The standard InChI is InChI=1S/C22H28ClN7O4/c1-14(30-13-16(23)11-24-30)20(31)27-19-17(25-22(33)34)6-7-18(26-19)29-10-4-5-15(12-29)21(32)28-8-2-3-9-28/h6-7,11,13-15,25H,2-5,8-10,12H2,1H3,(H,33,34)(H,26,27,31)/t14-,15-/m1/s1. The first kappa shape index (κ1) is 23.8. The number of nitrogens with one attached hydrogen (secondary N) is 2. The summed E-state index contributed by atoms with van der Waals surface area (Å²) >= 11 is 5.90. The summed E-state index contributed by atoms with van der Waals surface area (Å²) in [5.41, 5.74) is 0.150. The van der Waals surface area contributed by atoms with Gasteiger partial charge in [0.1, 0.15) is 11.9 Å². The number of carboxylic acid groups (broad SMARTS) is 1. The minimum Gasteiger partial charge on any atom is -0.465 e. The number of nitrogens with zero attached hydrogens (tertiary/aromatic N) is 5. The zero-order valence-corrected chi connectivity index (χ0v) is 19.7. The van der Waals surface area contributed by atoms with Crippen LogP contribution in [0.5, 0.6) is 0 Å². The Kier molecular flexibility index (Phi) is 7.20. The molecule has 0 bridgehead atoms. The van der Waals surface area contributed by atoms with Crippen LogP contribution in [-0.2, 0) is 9.59 Å². The number of rotatable bonds is 6. The molecule has 2 atom stereocenters. The highest BCUT2D eigenvalue weighted by molar-refractivity contribution is 6.30. The molecule has 0 saturated carbocycles. The Morgan fingerprint density at radius 3 is 2.59 bits per heavy atom. The van der Waals surface area contributed by atoms with Crippen LogP contribution in [0.4, 0.5) is 22.1 Å². The smallest absolute Gasteiger partial charge is 0.409 e. The van der Waals surface area contributed by atoms with Crippen LogP contribution in [0.3, 0.4) is 0 Å². The lowest BCUT2D eigenvalue weighted by Crippen LogP contribution is -2.44. The summed E-state index contributed by atoms with van der Waals surface area (Å²) in [6.07, 6.45) is 5.46. The lowest BCUT2D eigenvalue weighted by molar-refractivity contribution is -0.134. The van der Waals surface area contributed by atoms with Crippen LogP contribution in [-0.4, -0.2) is 68.9 Å². The minimum absolute atomic E-state index is 0.0861. The number of pyridine rings is 1. The zero-order valence-electron chi connectivity index (χ0n) is 18.9. The lowest BCUT2D eigenvalue weighted by atomic mass is 9.96. The normalized spacial score (nSPS) is 19.1. The molecule has 12 heteroatoms. The van der Waals surface area contributed by atoms with Gasteiger partial charge in [-0.2, -0.15) is 5.10 Å². The van der Waals surface area contributed by atoms with Gasteiger partial charge in [0.05, 0.1) is 22.8 Å². The Morgan fingerprint density at radius 2 is 1.91 bits per heavy atom. The molecule has 4 heterocycles. The van der Waals surface area contributed by atoms with E-state index in [-0.39, 0.29) is 23.3 Å². The Balaban J connectivity index is 1.53. The van der Waals surface area contributed by atoms with Gasteiger partial charge in [0.2, 0.25) is 11.8 Å². The van der Waals surface area contributed by atoms with Gasteiger partial charge < -0.3 is 20.2 Å². The Labute approximate surface area is 202 Å². The van der Waals surface area contributed by atoms with E-state index < -0.39 is 18.0 Å². The maximum atomic E-state index is 12.9. The summed E-state index contributed by atoms with van der Waals surface area (Å²) in [5, 5.41) is 18.6. The molecule has 2 aromatic rings. The number of carbonyl (C=O) groups excluding carboxylic acids is 2. The molecule has 2 aromatic heterocycles. The van der Waals surface area contributed by atoms with Gasteiger partial charge >= 0.3 is 6.09 Å². The predicted octanol–water partition coefficient (Wildman–Crippen LogP) is 3.06. The van der Waals surface area contributed by atoms with E-state index in [9.17, 15) is 19.5 Å². The first-order valence-corrected chi connectivity index (χ1v) is 11.7. The van der Waals surface area contributed by atoms with Crippen molar-refractivity contribution < 1.29 is 19.5 Å². The van der Waals surface area contributed by atoms with Crippen LogP contribution in [0.2, 0.25) is 5.02 Å². The highest BCUT2D eigenvalue weighted by Gasteiger charge is 2.31. The number of carbonyl (C=O) groups is 3. The van der Waals surface area contributed by atoms with E-state index in [0.29, 0.717) is 17.4 Å². The van der Waals surface area contributed by atoms with Crippen LogP contribution >= 0.6 is 11.6 Å². The van der Waals surface area contributed by atoms with Crippen molar-refractivity contribution in [2.75, 3.05) is 41.7 Å². The van der Waals surface area contributed by atoms with Gasteiger partial charge in [-0.3, -0.25) is 19.6 Å². The number of anilines is 3. The summed E-state index contributed by atoms with van der Waals surface area (Å²) in [7, 11) is 0. The fourth-order valence-electron chi connectivity index (χ4n) is 4.39. The SMILES string of the molecule is C[C@H](C(=O)Nc1nc(N2CCC[C@@H](C(=O)N3CCCC3)C2)ccc1NC(=O)O)n1cc(Cl)cn1. The molecule has 3 N–H and O–H groups in total. The highest BCUT2D eigenvalue weighted by Crippen LogP contribution is 2.29. The molecule has 0 aliphatic carbocycles. The van der Waals surface area contributed by atoms with Gasteiger partial charge in [0.15, 0.2) is 5.82 Å². The van der Waals surface area contributed by atoms with E-state index in [4.69, 9.17) is 11.6 Å². The third-order valence-electron chi connectivity index (χ3n) is 6.22. The van der Waals surface area contributed by atoms with Crippen LogP contribution in [0, 0.1) is 5.92 Å². The highest BCUT2D eigenvalue weighted by atomic mass is 35.5. The van der Waals surface area contributed by atoms with Gasteiger partial charge in [-0.25, -0.2) is 9.78 Å². The Bertz CT molecular complexity index is 1070. The van der Waals surface area contributed by atoms with Gasteiger partial charge in [-0.05, 0) is 44.7 Å². The van der Waals surface area contributed by atoms with Crippen molar-refractivity contribution >= 4 is 46.8 Å². The topological polar surface area (TPSA) is 133 Å². The van der Waals surface area contributed by atoms with E-state index in [1.165, 1.54) is 17.1 Å². The van der Waals surface area contributed by atoms with Crippen molar-refractivity contribution in [1.29, 1.82) is 0 Å². The minimum atomic E-state index is -1.27. The molecule has 34 heavy (non-hydrogen) atoms. The second-order valence-corrected chi connectivity index (χ2v) is 9.05. The monoisotopic (exact) mass is 489 g/mol. The molecule has 4 rings (SSSR count). The molecule has 2 fully saturated rings. The molecule has 0 unspecified atom stereocenters. The summed E-state index contributed by atoms with van der Waals surface area (Å²) in [4.78, 5) is 45.5. The van der Waals surface area contributed by atoms with Gasteiger partial charge in [-0.1, -0.05) is 11.6 Å². The maximum Gasteiger partial charge on any atom is 0.409 e. The summed E-state index contributed by atoms with van der Waals surface area (Å²) in [6.45, 7) is 4.53. The molecule has 0 radical (unpaired) electrons. The molecule has 0 aromatic carbocycles. The molecule has 3 amide bonds. The summed E-state index contributed by atoms with van der Waals surface area (Å²) < 4.78 is 1.41. The first-order valence-electron chi connectivity index (χ1n) is 11.4. The van der Waals surface area contributed by atoms with Gasteiger partial charge in [-0.15, -0.1) is 0 Å². The predicted molar refractivity (Wildman–Crippen MR) is 127 cm³/mol. The third-order valence-corrected chi connectivity index (χ3v) is 6.42. The van der Waals surface area contributed by atoms with Crippen LogP contribution < -0.4 is 15.5 Å². The van der Waals surface area contributed by atoms with Gasteiger partial charge in [0, 0.05) is 32.4 Å². The van der Waals surface area contributed by atoms with E-state index >= 15 is 0 Å². The van der Waals surface area contributed by atoms with E-state index in [1.807, 2.05) is 9.80 Å². The summed E-state index contributed by atoms with van der Waals surface area (Å²) in [5.74, 6) is 0.307. The molecule has 11 nitrogen and oxygen atoms in total. The van der Waals surface area contributed by atoms with E-state index in [0.717, 1.165) is 45.3 Å². The molecule has 2 aliphatic rings. The second kappa shape index (κ2) is 10.3. The number of piperidine rings is 1. The first-order chi connectivity index (χ1) is 16.3. The number of aromatic nitrogens is 3. The third kappa shape index (κ3) is 5.41. The number of hydrogen-bond acceptors (Lipinski definition) is 6. The van der Waals surface area contributed by atoms with Crippen molar-refractivity contribution in [1.82, 2.24) is 19.7 Å². The molecule has 2 saturated heterocycles. The van der Waals surface area contributed by atoms with Crippen LogP contribution in [0.25, 0.3) is 0 Å². The quantitative estimate of drug-likeness (QED) is 0.567. The van der Waals surface area contributed by atoms with Crippen molar-refractivity contribution in [2.24, 2.45) is 5.92 Å².